The molecule has 1 aliphatic heterocycles. The highest BCUT2D eigenvalue weighted by Gasteiger charge is 2.28. The highest BCUT2D eigenvalue weighted by Crippen LogP contribution is 2.35. The first-order valence-corrected chi connectivity index (χ1v) is 12.9. The first-order valence-electron chi connectivity index (χ1n) is 12.9. The molecule has 0 saturated carbocycles. The summed E-state index contributed by atoms with van der Waals surface area (Å²) in [6, 6.07) is 12.2. The van der Waals surface area contributed by atoms with E-state index in [2.05, 4.69) is 31.3 Å². The maximum atomic E-state index is 13.0. The molecule has 0 bridgehead atoms. The number of likely N-dealkylation sites (tertiary alicyclic amines) is 1. The lowest BCUT2D eigenvalue weighted by Gasteiger charge is -2.25. The number of amides is 1. The third kappa shape index (κ3) is 7.00. The van der Waals surface area contributed by atoms with Crippen molar-refractivity contribution in [1.29, 1.82) is 5.26 Å². The van der Waals surface area contributed by atoms with Gasteiger partial charge in [0.25, 0.3) is 5.91 Å². The van der Waals surface area contributed by atoms with Gasteiger partial charge in [0.15, 0.2) is 12.6 Å². The minimum Gasteiger partial charge on any atom is -0.483 e. The molecule has 1 atom stereocenters. The molecule has 2 aromatic rings. The van der Waals surface area contributed by atoms with Gasteiger partial charge >= 0.3 is 5.97 Å². The number of nitriles is 1. The van der Waals surface area contributed by atoms with Gasteiger partial charge in [-0.1, -0.05) is 39.2 Å². The Morgan fingerprint density at radius 1 is 1.08 bits per heavy atom. The average Bonchev–Trinajstić information content (AvgIpc) is 3.20. The van der Waals surface area contributed by atoms with Crippen LogP contribution in [0.3, 0.4) is 0 Å². The Bertz CT molecular complexity index is 1070. The molecule has 1 aliphatic rings. The first kappa shape index (κ1) is 27.1. The summed E-state index contributed by atoms with van der Waals surface area (Å²) in [5.41, 5.74) is 3.92. The zero-order chi connectivity index (χ0) is 25.9. The maximum absolute atomic E-state index is 13.0. The minimum atomic E-state index is -0.840. The third-order valence-corrected chi connectivity index (χ3v) is 6.55. The molecule has 7 heteroatoms. The second-order valence-electron chi connectivity index (χ2n) is 9.15. The van der Waals surface area contributed by atoms with E-state index in [0.717, 1.165) is 69.2 Å². The molecule has 2 aromatic carbocycles. The van der Waals surface area contributed by atoms with Crippen LogP contribution in [0.15, 0.2) is 36.4 Å². The van der Waals surface area contributed by atoms with Crippen molar-refractivity contribution in [2.75, 3.05) is 32.1 Å². The number of rotatable bonds is 10. The van der Waals surface area contributed by atoms with Gasteiger partial charge < -0.3 is 19.7 Å². The minimum absolute atomic E-state index is 0.0282. The average molecular weight is 492 g/mol. The molecule has 7 nitrogen and oxygen atoms in total. The summed E-state index contributed by atoms with van der Waals surface area (Å²) < 4.78 is 11.4. The van der Waals surface area contributed by atoms with Crippen molar-refractivity contribution < 1.29 is 19.1 Å². The molecule has 0 radical (unpaired) electrons. The van der Waals surface area contributed by atoms with Gasteiger partial charge in [0.2, 0.25) is 0 Å². The van der Waals surface area contributed by atoms with Crippen LogP contribution < -0.4 is 10.1 Å². The fourth-order valence-electron chi connectivity index (χ4n) is 4.57. The second-order valence-corrected chi connectivity index (χ2v) is 9.15. The summed E-state index contributed by atoms with van der Waals surface area (Å²) in [6.45, 7) is 5.62. The van der Waals surface area contributed by atoms with Crippen LogP contribution in [-0.4, -0.2) is 43.6 Å². The van der Waals surface area contributed by atoms with Gasteiger partial charge in [0.05, 0.1) is 18.7 Å². The van der Waals surface area contributed by atoms with Crippen molar-refractivity contribution in [2.45, 2.75) is 64.8 Å². The molecule has 0 spiro atoms. The molecule has 3 rings (SSSR count). The zero-order valence-electron chi connectivity index (χ0n) is 21.6. The number of nitrogens with zero attached hydrogens (tertiary/aromatic N) is 2. The SMILES string of the molecule is CCCc1cc(CC)cc(C(Nc2ccc(C#N)cc2)C(=O)OC)c1OCC(=O)N1CCCCCC1. The molecule has 1 heterocycles. The van der Waals surface area contributed by atoms with Crippen molar-refractivity contribution in [1.82, 2.24) is 4.90 Å². The third-order valence-electron chi connectivity index (χ3n) is 6.55. The van der Waals surface area contributed by atoms with Crippen molar-refractivity contribution in [3.8, 4) is 11.8 Å². The van der Waals surface area contributed by atoms with E-state index in [4.69, 9.17) is 14.7 Å². The summed E-state index contributed by atoms with van der Waals surface area (Å²) in [5, 5.41) is 12.4. The monoisotopic (exact) mass is 491 g/mol. The Morgan fingerprint density at radius 3 is 2.36 bits per heavy atom. The topological polar surface area (TPSA) is 91.7 Å². The number of carbonyl (C=O) groups excluding carboxylic acids is 2. The van der Waals surface area contributed by atoms with Crippen LogP contribution in [0.4, 0.5) is 5.69 Å². The predicted molar refractivity (Wildman–Crippen MR) is 140 cm³/mol. The number of nitrogens with one attached hydrogen (secondary N) is 1. The summed E-state index contributed by atoms with van der Waals surface area (Å²) in [7, 11) is 1.36. The number of benzene rings is 2. The van der Waals surface area contributed by atoms with Gasteiger partial charge in [-0.05, 0) is 67.1 Å². The zero-order valence-corrected chi connectivity index (χ0v) is 21.6. The van der Waals surface area contributed by atoms with E-state index in [9.17, 15) is 9.59 Å². The summed E-state index contributed by atoms with van der Waals surface area (Å²) in [6.07, 6.45) is 6.78. The quantitative estimate of drug-likeness (QED) is 0.461. The van der Waals surface area contributed by atoms with Crippen LogP contribution >= 0.6 is 0 Å². The van der Waals surface area contributed by atoms with Gasteiger partial charge in [-0.2, -0.15) is 5.26 Å². The van der Waals surface area contributed by atoms with Gasteiger partial charge in [-0.3, -0.25) is 4.79 Å². The van der Waals surface area contributed by atoms with E-state index in [0.29, 0.717) is 22.6 Å². The lowest BCUT2D eigenvalue weighted by molar-refractivity contribution is -0.141. The van der Waals surface area contributed by atoms with E-state index in [1.807, 2.05) is 11.0 Å². The van der Waals surface area contributed by atoms with Gasteiger partial charge in [-0.25, -0.2) is 4.79 Å². The van der Waals surface area contributed by atoms with E-state index < -0.39 is 12.0 Å². The molecular weight excluding hydrogens is 454 g/mol. The van der Waals surface area contributed by atoms with Gasteiger partial charge in [-0.15, -0.1) is 0 Å². The van der Waals surface area contributed by atoms with Crippen LogP contribution in [0.2, 0.25) is 0 Å². The predicted octanol–water partition coefficient (Wildman–Crippen LogP) is 5.18. The largest absolute Gasteiger partial charge is 0.483 e. The Kier molecular flexibility index (Phi) is 10.2. The van der Waals surface area contributed by atoms with E-state index in [-0.39, 0.29) is 12.5 Å². The van der Waals surface area contributed by atoms with E-state index >= 15 is 0 Å². The second kappa shape index (κ2) is 13.5. The van der Waals surface area contributed by atoms with Gasteiger partial charge in [0.1, 0.15) is 5.75 Å². The number of anilines is 1. The van der Waals surface area contributed by atoms with Crippen LogP contribution in [0.25, 0.3) is 0 Å². The standard InChI is InChI=1S/C29H37N3O4/c1-4-10-23-17-21(5-2)18-25(28(23)36-20-26(33)32-15-8-6-7-9-16-32)27(29(34)35-3)31-24-13-11-22(19-30)12-14-24/h11-14,17-18,27,31H,4-10,15-16,20H2,1-3H3. The van der Waals surface area contributed by atoms with Crippen LogP contribution in [0.1, 0.15) is 74.2 Å². The molecule has 1 fully saturated rings. The number of hydrogen-bond donors (Lipinski definition) is 1. The molecular formula is C29H37N3O4. The summed E-state index contributed by atoms with van der Waals surface area (Å²) >= 11 is 0. The van der Waals surface area contributed by atoms with Crippen molar-refractivity contribution in [2.24, 2.45) is 0 Å². The number of methoxy groups -OCH3 is 1. The fraction of sp³-hybridized carbons (Fsp3) is 0.483. The van der Waals surface area contributed by atoms with Crippen LogP contribution in [0, 0.1) is 11.3 Å². The number of hydrogen-bond acceptors (Lipinski definition) is 6. The Labute approximate surface area is 214 Å². The Hall–Kier alpha value is -3.53. The lowest BCUT2D eigenvalue weighted by Crippen LogP contribution is -2.36. The Balaban J connectivity index is 1.97. The molecule has 1 amide bonds. The fourth-order valence-corrected chi connectivity index (χ4v) is 4.57. The highest BCUT2D eigenvalue weighted by atomic mass is 16.5. The van der Waals surface area contributed by atoms with Gasteiger partial charge in [0, 0.05) is 24.3 Å². The smallest absolute Gasteiger partial charge is 0.333 e. The molecule has 1 unspecified atom stereocenters. The van der Waals surface area contributed by atoms with Crippen molar-refractivity contribution >= 4 is 17.6 Å². The summed E-state index contributed by atoms with van der Waals surface area (Å²) in [5.74, 6) is 0.0760. The van der Waals surface area contributed by atoms with Crippen LogP contribution in [-0.2, 0) is 27.2 Å². The molecule has 1 saturated heterocycles. The first-order chi connectivity index (χ1) is 17.5. The normalized spacial score (nSPS) is 14.3. The molecule has 192 valence electrons. The Morgan fingerprint density at radius 2 is 1.78 bits per heavy atom. The number of ether oxygens (including phenoxy) is 2. The summed E-state index contributed by atoms with van der Waals surface area (Å²) in [4.78, 5) is 27.9. The lowest BCUT2D eigenvalue weighted by atomic mass is 9.95. The number of aryl methyl sites for hydroxylation is 2. The molecule has 36 heavy (non-hydrogen) atoms. The maximum Gasteiger partial charge on any atom is 0.333 e. The number of carbonyl (C=O) groups is 2. The molecule has 1 N–H and O–H groups in total. The van der Waals surface area contributed by atoms with Crippen molar-refractivity contribution in [3.05, 3.63) is 58.7 Å². The van der Waals surface area contributed by atoms with Crippen LogP contribution in [0.5, 0.6) is 5.75 Å². The molecule has 0 aromatic heterocycles. The molecule has 0 aliphatic carbocycles. The van der Waals surface area contributed by atoms with Crippen molar-refractivity contribution in [3.63, 3.8) is 0 Å². The van der Waals surface area contributed by atoms with E-state index in [1.165, 1.54) is 7.11 Å². The van der Waals surface area contributed by atoms with E-state index in [1.54, 1.807) is 24.3 Å². The number of esters is 1. The highest BCUT2D eigenvalue weighted by molar-refractivity contribution is 5.83.